The summed E-state index contributed by atoms with van der Waals surface area (Å²) >= 11 is 5.84. The van der Waals surface area contributed by atoms with Gasteiger partial charge in [0.1, 0.15) is 12.2 Å². The van der Waals surface area contributed by atoms with Crippen LogP contribution in [0.15, 0.2) is 30.3 Å². The summed E-state index contributed by atoms with van der Waals surface area (Å²) < 4.78 is 0. The summed E-state index contributed by atoms with van der Waals surface area (Å²) in [5, 5.41) is 16.4. The van der Waals surface area contributed by atoms with Gasteiger partial charge in [0, 0.05) is 16.6 Å². The molecule has 1 fully saturated rings. The average Bonchev–Trinajstić information content (AvgIpc) is 3.21. The van der Waals surface area contributed by atoms with E-state index in [1.54, 1.807) is 18.2 Å². The number of halogens is 1. The molecule has 0 atom stereocenters. The Balaban J connectivity index is 1.81. The predicted octanol–water partition coefficient (Wildman–Crippen LogP) is 2.42. The standard InChI is InChI=1S/C15H14ClN3O3/c16-10-3-1-9(2-4-10)12-7-13(18-17-12)15(22)19(8-14(20)21)11-5-6-11/h1-4,7,11H,5-6,8H2,(H,17,18)(H,20,21). The van der Waals surface area contributed by atoms with Crippen LogP contribution in [0.2, 0.25) is 5.02 Å². The molecule has 0 spiro atoms. The number of hydrogen-bond acceptors (Lipinski definition) is 3. The van der Waals surface area contributed by atoms with Crippen LogP contribution in [0.4, 0.5) is 0 Å². The smallest absolute Gasteiger partial charge is 0.323 e. The number of amides is 1. The van der Waals surface area contributed by atoms with E-state index in [0.29, 0.717) is 10.7 Å². The molecule has 1 amide bonds. The first kappa shape index (κ1) is 14.6. The number of aliphatic carboxylic acids is 1. The second kappa shape index (κ2) is 5.81. The minimum absolute atomic E-state index is 0.0193. The van der Waals surface area contributed by atoms with Crippen LogP contribution in [0.25, 0.3) is 11.3 Å². The van der Waals surface area contributed by atoms with Gasteiger partial charge in [-0.25, -0.2) is 0 Å². The number of carbonyl (C=O) groups is 2. The van der Waals surface area contributed by atoms with E-state index in [0.717, 1.165) is 18.4 Å². The lowest BCUT2D eigenvalue weighted by atomic mass is 10.1. The van der Waals surface area contributed by atoms with Gasteiger partial charge in [0.25, 0.3) is 5.91 Å². The fourth-order valence-corrected chi connectivity index (χ4v) is 2.38. The molecule has 1 aliphatic rings. The van der Waals surface area contributed by atoms with Crippen LogP contribution in [0.5, 0.6) is 0 Å². The first-order valence-corrected chi connectivity index (χ1v) is 7.26. The molecular formula is C15H14ClN3O3. The highest BCUT2D eigenvalue weighted by Gasteiger charge is 2.35. The van der Waals surface area contributed by atoms with Gasteiger partial charge in [0.15, 0.2) is 0 Å². The van der Waals surface area contributed by atoms with Crippen LogP contribution in [0.1, 0.15) is 23.3 Å². The Morgan fingerprint density at radius 2 is 2.00 bits per heavy atom. The SMILES string of the molecule is O=C(O)CN(C(=O)c1cc(-c2ccc(Cl)cc2)n[nH]1)C1CC1. The zero-order chi connectivity index (χ0) is 15.7. The zero-order valence-electron chi connectivity index (χ0n) is 11.6. The van der Waals surface area contributed by atoms with Crippen molar-refractivity contribution in [2.24, 2.45) is 0 Å². The molecule has 0 unspecified atom stereocenters. The molecular weight excluding hydrogens is 306 g/mol. The Labute approximate surface area is 131 Å². The summed E-state index contributed by atoms with van der Waals surface area (Å²) in [4.78, 5) is 24.7. The lowest BCUT2D eigenvalue weighted by molar-refractivity contribution is -0.137. The number of carboxylic acid groups (broad SMARTS) is 1. The molecule has 1 aromatic carbocycles. The number of carboxylic acids is 1. The van der Waals surface area contributed by atoms with E-state index in [9.17, 15) is 9.59 Å². The van der Waals surface area contributed by atoms with Crippen molar-refractivity contribution in [2.45, 2.75) is 18.9 Å². The van der Waals surface area contributed by atoms with E-state index >= 15 is 0 Å². The van der Waals surface area contributed by atoms with Crippen molar-refractivity contribution in [3.8, 4) is 11.3 Å². The monoisotopic (exact) mass is 319 g/mol. The van der Waals surface area contributed by atoms with E-state index in [1.165, 1.54) is 4.90 Å². The summed E-state index contributed by atoms with van der Waals surface area (Å²) in [5.74, 6) is -1.35. The van der Waals surface area contributed by atoms with E-state index < -0.39 is 5.97 Å². The van der Waals surface area contributed by atoms with Gasteiger partial charge in [0.05, 0.1) is 5.69 Å². The molecule has 1 aliphatic carbocycles. The normalized spacial score (nSPS) is 13.9. The Kier molecular flexibility index (Phi) is 3.85. The lowest BCUT2D eigenvalue weighted by Gasteiger charge is -2.18. The number of benzene rings is 1. The van der Waals surface area contributed by atoms with Crippen molar-refractivity contribution < 1.29 is 14.7 Å². The number of rotatable bonds is 5. The van der Waals surface area contributed by atoms with Crippen LogP contribution in [0.3, 0.4) is 0 Å². The van der Waals surface area contributed by atoms with Gasteiger partial charge in [-0.1, -0.05) is 23.7 Å². The average molecular weight is 320 g/mol. The maximum atomic E-state index is 12.4. The number of aromatic amines is 1. The molecule has 22 heavy (non-hydrogen) atoms. The second-order valence-corrected chi connectivity index (χ2v) is 5.67. The Hall–Kier alpha value is -2.34. The van der Waals surface area contributed by atoms with Gasteiger partial charge in [0.2, 0.25) is 0 Å². The third-order valence-corrected chi connectivity index (χ3v) is 3.75. The molecule has 1 saturated carbocycles. The number of nitrogens with zero attached hydrogens (tertiary/aromatic N) is 2. The molecule has 0 aliphatic heterocycles. The Bertz CT molecular complexity index is 707. The van der Waals surface area contributed by atoms with Gasteiger partial charge < -0.3 is 10.0 Å². The third kappa shape index (κ3) is 3.12. The highest BCUT2D eigenvalue weighted by atomic mass is 35.5. The van der Waals surface area contributed by atoms with Crippen LogP contribution in [-0.2, 0) is 4.79 Å². The molecule has 0 saturated heterocycles. The predicted molar refractivity (Wildman–Crippen MR) is 80.7 cm³/mol. The summed E-state index contributed by atoms with van der Waals surface area (Å²) in [5.41, 5.74) is 1.74. The highest BCUT2D eigenvalue weighted by Crippen LogP contribution is 2.28. The van der Waals surface area contributed by atoms with Gasteiger partial charge >= 0.3 is 5.97 Å². The summed E-state index contributed by atoms with van der Waals surface area (Å²) in [6.45, 7) is -0.293. The Morgan fingerprint density at radius 1 is 1.32 bits per heavy atom. The minimum atomic E-state index is -1.02. The quantitative estimate of drug-likeness (QED) is 0.886. The molecule has 7 heteroatoms. The maximum Gasteiger partial charge on any atom is 0.323 e. The summed E-state index contributed by atoms with van der Waals surface area (Å²) in [6.07, 6.45) is 1.69. The van der Waals surface area contributed by atoms with Gasteiger partial charge in [-0.3, -0.25) is 14.7 Å². The van der Waals surface area contributed by atoms with Crippen molar-refractivity contribution in [3.63, 3.8) is 0 Å². The molecule has 0 bridgehead atoms. The van der Waals surface area contributed by atoms with Crippen LogP contribution < -0.4 is 0 Å². The van der Waals surface area contributed by atoms with E-state index in [1.807, 2.05) is 12.1 Å². The zero-order valence-corrected chi connectivity index (χ0v) is 12.4. The summed E-state index contributed by atoms with van der Waals surface area (Å²) in [6, 6.07) is 8.75. The molecule has 1 heterocycles. The van der Waals surface area contributed by atoms with Crippen LogP contribution in [-0.4, -0.2) is 44.7 Å². The Morgan fingerprint density at radius 3 is 2.59 bits per heavy atom. The third-order valence-electron chi connectivity index (χ3n) is 3.50. The highest BCUT2D eigenvalue weighted by molar-refractivity contribution is 6.30. The van der Waals surface area contributed by atoms with Crippen LogP contribution in [0, 0.1) is 0 Å². The van der Waals surface area contributed by atoms with Crippen molar-refractivity contribution in [1.29, 1.82) is 0 Å². The van der Waals surface area contributed by atoms with Crippen LogP contribution >= 0.6 is 11.6 Å². The fraction of sp³-hybridized carbons (Fsp3) is 0.267. The minimum Gasteiger partial charge on any atom is -0.480 e. The summed E-state index contributed by atoms with van der Waals surface area (Å²) in [7, 11) is 0. The van der Waals surface area contributed by atoms with Crippen molar-refractivity contribution in [1.82, 2.24) is 15.1 Å². The van der Waals surface area contributed by atoms with E-state index in [-0.39, 0.29) is 24.2 Å². The van der Waals surface area contributed by atoms with Gasteiger partial charge in [-0.15, -0.1) is 0 Å². The topological polar surface area (TPSA) is 86.3 Å². The number of carbonyl (C=O) groups excluding carboxylic acids is 1. The van der Waals surface area contributed by atoms with Gasteiger partial charge in [-0.2, -0.15) is 5.10 Å². The second-order valence-electron chi connectivity index (χ2n) is 5.23. The molecule has 6 nitrogen and oxygen atoms in total. The lowest BCUT2D eigenvalue weighted by Crippen LogP contribution is -2.37. The number of nitrogens with one attached hydrogen (secondary N) is 1. The first-order valence-electron chi connectivity index (χ1n) is 6.88. The molecule has 2 aromatic rings. The first-order chi connectivity index (χ1) is 10.5. The molecule has 1 aromatic heterocycles. The van der Waals surface area contributed by atoms with Gasteiger partial charge in [-0.05, 0) is 31.0 Å². The van der Waals surface area contributed by atoms with E-state index in [4.69, 9.17) is 16.7 Å². The molecule has 0 radical (unpaired) electrons. The molecule has 3 rings (SSSR count). The number of H-pyrrole nitrogens is 1. The largest absolute Gasteiger partial charge is 0.480 e. The molecule has 2 N–H and O–H groups in total. The fourth-order valence-electron chi connectivity index (χ4n) is 2.25. The molecule has 114 valence electrons. The van der Waals surface area contributed by atoms with E-state index in [2.05, 4.69) is 10.2 Å². The number of aromatic nitrogens is 2. The van der Waals surface area contributed by atoms with Crippen molar-refractivity contribution >= 4 is 23.5 Å². The van der Waals surface area contributed by atoms with Crippen molar-refractivity contribution in [2.75, 3.05) is 6.54 Å². The van der Waals surface area contributed by atoms with Crippen molar-refractivity contribution in [3.05, 3.63) is 41.0 Å². The number of hydrogen-bond donors (Lipinski definition) is 2. The maximum absolute atomic E-state index is 12.4.